The average molecular weight is 325 g/mol. The molecule has 1 N–H and O–H groups in total. The number of rotatable bonds is 6. The highest BCUT2D eigenvalue weighted by molar-refractivity contribution is 5.78. The van der Waals surface area contributed by atoms with Gasteiger partial charge in [0.25, 0.3) is 0 Å². The fourth-order valence-electron chi connectivity index (χ4n) is 2.22. The summed E-state index contributed by atoms with van der Waals surface area (Å²) < 4.78 is 18.0. The Kier molecular flexibility index (Phi) is 4.96. The van der Waals surface area contributed by atoms with Crippen LogP contribution in [0.15, 0.2) is 59.1 Å². The van der Waals surface area contributed by atoms with Gasteiger partial charge in [-0.2, -0.15) is 4.98 Å². The average Bonchev–Trinajstić information content (AvgIpc) is 3.07. The van der Waals surface area contributed by atoms with Gasteiger partial charge in [0.2, 0.25) is 17.6 Å². The van der Waals surface area contributed by atoms with E-state index in [1.165, 1.54) is 12.1 Å². The number of halogens is 1. The fourth-order valence-corrected chi connectivity index (χ4v) is 2.22. The zero-order valence-electron chi connectivity index (χ0n) is 12.9. The molecule has 0 radical (unpaired) electrons. The largest absolute Gasteiger partial charge is 0.355 e. The molecule has 3 aromatic rings. The van der Waals surface area contributed by atoms with Gasteiger partial charge in [-0.1, -0.05) is 47.6 Å². The summed E-state index contributed by atoms with van der Waals surface area (Å²) in [4.78, 5) is 16.1. The molecule has 1 aromatic heterocycles. The van der Waals surface area contributed by atoms with Crippen molar-refractivity contribution in [3.8, 4) is 11.4 Å². The van der Waals surface area contributed by atoms with Gasteiger partial charge in [-0.25, -0.2) is 4.39 Å². The van der Waals surface area contributed by atoms with E-state index in [9.17, 15) is 9.18 Å². The Bertz CT molecular complexity index is 801. The van der Waals surface area contributed by atoms with E-state index in [4.69, 9.17) is 4.52 Å². The molecule has 5 nitrogen and oxygen atoms in total. The minimum absolute atomic E-state index is 0.135. The van der Waals surface area contributed by atoms with E-state index in [1.54, 1.807) is 12.1 Å². The zero-order chi connectivity index (χ0) is 16.8. The zero-order valence-corrected chi connectivity index (χ0v) is 12.9. The highest BCUT2D eigenvalue weighted by atomic mass is 19.1. The van der Waals surface area contributed by atoms with Crippen molar-refractivity contribution in [3.05, 3.63) is 71.9 Å². The van der Waals surface area contributed by atoms with Crippen LogP contribution in [0.2, 0.25) is 0 Å². The molecule has 0 spiro atoms. The van der Waals surface area contributed by atoms with E-state index < -0.39 is 0 Å². The number of aromatic nitrogens is 2. The number of hydrogen-bond acceptors (Lipinski definition) is 4. The Balaban J connectivity index is 1.47. The van der Waals surface area contributed by atoms with E-state index in [0.717, 1.165) is 11.1 Å². The normalized spacial score (nSPS) is 10.5. The quantitative estimate of drug-likeness (QED) is 0.757. The van der Waals surface area contributed by atoms with Crippen LogP contribution in [-0.2, 0) is 17.6 Å². The van der Waals surface area contributed by atoms with E-state index in [0.29, 0.717) is 24.7 Å². The second kappa shape index (κ2) is 7.50. The maximum atomic E-state index is 12.8. The molecule has 1 heterocycles. The second-order valence-corrected chi connectivity index (χ2v) is 5.28. The number of amides is 1. The maximum absolute atomic E-state index is 12.8. The van der Waals surface area contributed by atoms with Gasteiger partial charge in [0.05, 0.1) is 6.42 Å². The molecule has 0 aliphatic carbocycles. The molecule has 0 bridgehead atoms. The van der Waals surface area contributed by atoms with Gasteiger partial charge in [-0.3, -0.25) is 4.79 Å². The molecule has 0 unspecified atom stereocenters. The molecule has 1 amide bonds. The van der Waals surface area contributed by atoms with Gasteiger partial charge in [-0.05, 0) is 17.7 Å². The summed E-state index contributed by atoms with van der Waals surface area (Å²) in [6.45, 7) is 0.399. The molecule has 0 aliphatic rings. The van der Waals surface area contributed by atoms with Crippen LogP contribution in [0.25, 0.3) is 11.4 Å². The first-order valence-electron chi connectivity index (χ1n) is 7.60. The summed E-state index contributed by atoms with van der Waals surface area (Å²) in [6, 6.07) is 15.4. The van der Waals surface area contributed by atoms with Gasteiger partial charge >= 0.3 is 0 Å². The first-order valence-corrected chi connectivity index (χ1v) is 7.60. The summed E-state index contributed by atoms with van der Waals surface area (Å²) >= 11 is 0. The van der Waals surface area contributed by atoms with Crippen molar-refractivity contribution >= 4 is 5.91 Å². The Morgan fingerprint density at radius 2 is 1.83 bits per heavy atom. The number of carbonyl (C=O) groups excluding carboxylic acids is 1. The fraction of sp³-hybridized carbons (Fsp3) is 0.167. The van der Waals surface area contributed by atoms with Crippen molar-refractivity contribution in [2.24, 2.45) is 0 Å². The smallest absolute Gasteiger partial charge is 0.228 e. The highest BCUT2D eigenvalue weighted by Crippen LogP contribution is 2.14. The Morgan fingerprint density at radius 3 is 2.58 bits per heavy atom. The van der Waals surface area contributed by atoms with Crippen LogP contribution in [0, 0.1) is 5.82 Å². The van der Waals surface area contributed by atoms with Crippen molar-refractivity contribution in [2.75, 3.05) is 6.54 Å². The van der Waals surface area contributed by atoms with Gasteiger partial charge in [0, 0.05) is 18.5 Å². The minimum Gasteiger partial charge on any atom is -0.355 e. The predicted octanol–water partition coefficient (Wildman–Crippen LogP) is 2.78. The lowest BCUT2D eigenvalue weighted by Crippen LogP contribution is -2.27. The molecule has 0 aliphatic heterocycles. The molecule has 0 atom stereocenters. The summed E-state index contributed by atoms with van der Waals surface area (Å²) in [6.07, 6.45) is 0.661. The van der Waals surface area contributed by atoms with Gasteiger partial charge in [0.15, 0.2) is 0 Å². The number of carbonyl (C=O) groups is 1. The summed E-state index contributed by atoms with van der Waals surface area (Å²) in [5.41, 5.74) is 1.64. The molecule has 3 rings (SSSR count). The molecular formula is C18H16FN3O2. The molecule has 122 valence electrons. The monoisotopic (exact) mass is 325 g/mol. The summed E-state index contributed by atoms with van der Waals surface area (Å²) in [7, 11) is 0. The van der Waals surface area contributed by atoms with Crippen LogP contribution in [0.3, 0.4) is 0 Å². The van der Waals surface area contributed by atoms with Crippen LogP contribution in [0.5, 0.6) is 0 Å². The third-order valence-corrected chi connectivity index (χ3v) is 3.44. The summed E-state index contributed by atoms with van der Waals surface area (Å²) in [5.74, 6) is 0.549. The van der Waals surface area contributed by atoms with Crippen molar-refractivity contribution in [3.63, 3.8) is 0 Å². The van der Waals surface area contributed by atoms with Gasteiger partial charge in [0.1, 0.15) is 5.82 Å². The van der Waals surface area contributed by atoms with Crippen LogP contribution in [0.1, 0.15) is 11.5 Å². The first kappa shape index (κ1) is 15.9. The first-order chi connectivity index (χ1) is 11.7. The third kappa shape index (κ3) is 4.25. The molecule has 0 saturated heterocycles. The molecule has 6 heteroatoms. The molecule has 2 aromatic carbocycles. The van der Waals surface area contributed by atoms with Crippen molar-refractivity contribution in [1.82, 2.24) is 15.5 Å². The van der Waals surface area contributed by atoms with Crippen LogP contribution in [0.4, 0.5) is 4.39 Å². The van der Waals surface area contributed by atoms with Gasteiger partial charge in [-0.15, -0.1) is 0 Å². The summed E-state index contributed by atoms with van der Waals surface area (Å²) in [5, 5.41) is 6.71. The topological polar surface area (TPSA) is 68.0 Å². The van der Waals surface area contributed by atoms with Crippen molar-refractivity contribution in [2.45, 2.75) is 12.8 Å². The third-order valence-electron chi connectivity index (χ3n) is 3.44. The standard InChI is InChI=1S/C18H16FN3O2/c19-15-8-6-13(7-9-15)12-16(23)20-11-10-17-21-18(22-24-17)14-4-2-1-3-5-14/h1-9H,10-12H2,(H,20,23). The van der Waals surface area contributed by atoms with Crippen LogP contribution < -0.4 is 5.32 Å². The van der Waals surface area contributed by atoms with Crippen LogP contribution >= 0.6 is 0 Å². The van der Waals surface area contributed by atoms with E-state index in [2.05, 4.69) is 15.5 Å². The number of nitrogens with one attached hydrogen (secondary N) is 1. The van der Waals surface area contributed by atoms with Gasteiger partial charge < -0.3 is 9.84 Å². The van der Waals surface area contributed by atoms with Crippen molar-refractivity contribution in [1.29, 1.82) is 0 Å². The van der Waals surface area contributed by atoms with Crippen molar-refractivity contribution < 1.29 is 13.7 Å². The lowest BCUT2D eigenvalue weighted by molar-refractivity contribution is -0.120. The number of nitrogens with zero attached hydrogens (tertiary/aromatic N) is 2. The SMILES string of the molecule is O=C(Cc1ccc(F)cc1)NCCc1nc(-c2ccccc2)no1. The van der Waals surface area contributed by atoms with E-state index in [1.807, 2.05) is 30.3 Å². The highest BCUT2D eigenvalue weighted by Gasteiger charge is 2.09. The lowest BCUT2D eigenvalue weighted by Gasteiger charge is -2.03. The molecule has 0 fully saturated rings. The maximum Gasteiger partial charge on any atom is 0.228 e. The van der Waals surface area contributed by atoms with Crippen LogP contribution in [-0.4, -0.2) is 22.6 Å². The lowest BCUT2D eigenvalue weighted by atomic mass is 10.1. The Hall–Kier alpha value is -3.02. The Labute approximate surface area is 138 Å². The number of benzene rings is 2. The molecule has 24 heavy (non-hydrogen) atoms. The van der Waals surface area contributed by atoms with E-state index in [-0.39, 0.29) is 18.1 Å². The number of hydrogen-bond donors (Lipinski definition) is 1. The molecular weight excluding hydrogens is 309 g/mol. The molecule has 0 saturated carbocycles. The minimum atomic E-state index is -0.315. The Morgan fingerprint density at radius 1 is 1.08 bits per heavy atom. The second-order valence-electron chi connectivity index (χ2n) is 5.28. The predicted molar refractivity (Wildman–Crippen MR) is 86.6 cm³/mol. The van der Waals surface area contributed by atoms with E-state index >= 15 is 0 Å².